The van der Waals surface area contributed by atoms with Gasteiger partial charge in [-0.3, -0.25) is 4.79 Å². The first-order valence-corrected chi connectivity index (χ1v) is 6.35. The summed E-state index contributed by atoms with van der Waals surface area (Å²) in [6.45, 7) is 6.52. The van der Waals surface area contributed by atoms with Gasteiger partial charge in [-0.1, -0.05) is 12.1 Å². The highest BCUT2D eigenvalue weighted by Crippen LogP contribution is 2.17. The van der Waals surface area contributed by atoms with Crippen LogP contribution in [0.4, 0.5) is 0 Å². The van der Waals surface area contributed by atoms with Crippen LogP contribution in [0.1, 0.15) is 22.5 Å². The lowest BCUT2D eigenvalue weighted by Gasteiger charge is -2.14. The maximum Gasteiger partial charge on any atom is 0.204 e. The summed E-state index contributed by atoms with van der Waals surface area (Å²) in [4.78, 5) is 11.8. The number of benzene rings is 1. The van der Waals surface area contributed by atoms with Gasteiger partial charge in [0.2, 0.25) is 5.43 Å². The highest BCUT2D eigenvalue weighted by Gasteiger charge is 2.09. The van der Waals surface area contributed by atoms with Gasteiger partial charge in [-0.05, 0) is 45.0 Å². The topological polar surface area (TPSA) is 46.9 Å². The second-order valence-corrected chi connectivity index (χ2v) is 4.76. The van der Waals surface area contributed by atoms with Gasteiger partial charge in [0.25, 0.3) is 0 Å². The zero-order valence-corrected chi connectivity index (χ0v) is 11.8. The normalized spacial score (nSPS) is 10.7. The Balaban J connectivity index is 2.65. The molecule has 0 spiro atoms. The molecule has 100 valence electrons. The molecule has 0 saturated carbocycles. The maximum atomic E-state index is 11.8. The molecule has 0 aliphatic rings. The molecule has 1 heterocycles. The Bertz CT molecular complexity index is 659. The maximum absolute atomic E-state index is 11.8. The van der Waals surface area contributed by atoms with Crippen LogP contribution >= 0.6 is 0 Å². The van der Waals surface area contributed by atoms with Crippen LogP contribution in [-0.4, -0.2) is 16.8 Å². The van der Waals surface area contributed by atoms with E-state index in [1.165, 1.54) is 11.1 Å². The zero-order chi connectivity index (χ0) is 14.0. The van der Waals surface area contributed by atoms with Crippen LogP contribution in [0, 0.1) is 20.8 Å². The molecule has 4 heteroatoms. The van der Waals surface area contributed by atoms with Crippen LogP contribution in [0.25, 0.3) is 5.69 Å². The van der Waals surface area contributed by atoms with Gasteiger partial charge in [-0.25, -0.2) is 4.68 Å². The summed E-state index contributed by atoms with van der Waals surface area (Å²) >= 11 is 0. The average Bonchev–Trinajstić information content (AvgIpc) is 2.37. The van der Waals surface area contributed by atoms with Gasteiger partial charge in [0.15, 0.2) is 0 Å². The smallest absolute Gasteiger partial charge is 0.204 e. The van der Waals surface area contributed by atoms with E-state index in [4.69, 9.17) is 0 Å². The first-order chi connectivity index (χ1) is 9.04. The third-order valence-corrected chi connectivity index (χ3v) is 3.33. The molecule has 0 unspecified atom stereocenters. The SMILES string of the molecule is CNCc1nn(-c2cccc(C)c2C)c(C)cc1=O. The van der Waals surface area contributed by atoms with Crippen molar-refractivity contribution in [3.8, 4) is 5.69 Å². The molecule has 19 heavy (non-hydrogen) atoms. The predicted molar refractivity (Wildman–Crippen MR) is 76.8 cm³/mol. The van der Waals surface area contributed by atoms with Crippen molar-refractivity contribution in [3.63, 3.8) is 0 Å². The fourth-order valence-electron chi connectivity index (χ4n) is 2.08. The van der Waals surface area contributed by atoms with Crippen molar-refractivity contribution in [1.82, 2.24) is 15.1 Å². The van der Waals surface area contributed by atoms with Crippen molar-refractivity contribution in [3.05, 3.63) is 57.0 Å². The molecule has 0 bridgehead atoms. The van der Waals surface area contributed by atoms with Crippen molar-refractivity contribution in [2.45, 2.75) is 27.3 Å². The molecule has 1 aromatic carbocycles. The Morgan fingerprint density at radius 2 is 2.00 bits per heavy atom. The van der Waals surface area contributed by atoms with Crippen LogP contribution in [0.3, 0.4) is 0 Å². The molecule has 2 rings (SSSR count). The number of hydrogen-bond acceptors (Lipinski definition) is 3. The van der Waals surface area contributed by atoms with E-state index in [0.29, 0.717) is 12.2 Å². The minimum atomic E-state index is -0.0200. The predicted octanol–water partition coefficient (Wildman–Crippen LogP) is 1.88. The van der Waals surface area contributed by atoms with Gasteiger partial charge >= 0.3 is 0 Å². The average molecular weight is 257 g/mol. The summed E-state index contributed by atoms with van der Waals surface area (Å²) in [5.41, 5.74) is 4.78. The Labute approximate surface area is 113 Å². The van der Waals surface area contributed by atoms with Crippen molar-refractivity contribution < 1.29 is 0 Å². The lowest BCUT2D eigenvalue weighted by Crippen LogP contribution is -2.23. The molecule has 1 aromatic heterocycles. The van der Waals surface area contributed by atoms with Crippen molar-refractivity contribution in [1.29, 1.82) is 0 Å². The number of nitrogens with one attached hydrogen (secondary N) is 1. The molecular formula is C15H19N3O. The lowest BCUT2D eigenvalue weighted by molar-refractivity contribution is 0.702. The Kier molecular flexibility index (Phi) is 3.81. The molecule has 0 aliphatic carbocycles. The molecule has 0 fully saturated rings. The summed E-state index contributed by atoms with van der Waals surface area (Å²) in [6, 6.07) is 7.75. The fraction of sp³-hybridized carbons (Fsp3) is 0.333. The molecule has 0 radical (unpaired) electrons. The van der Waals surface area contributed by atoms with Gasteiger partial charge in [0.1, 0.15) is 5.69 Å². The summed E-state index contributed by atoms with van der Waals surface area (Å²) < 4.78 is 1.84. The summed E-state index contributed by atoms with van der Waals surface area (Å²) in [5.74, 6) is 0. The number of aryl methyl sites for hydroxylation is 2. The molecule has 0 saturated heterocycles. The van der Waals surface area contributed by atoms with Crippen molar-refractivity contribution in [2.75, 3.05) is 7.05 Å². The summed E-state index contributed by atoms with van der Waals surface area (Å²) in [7, 11) is 1.81. The summed E-state index contributed by atoms with van der Waals surface area (Å²) in [5, 5.41) is 7.45. The van der Waals surface area contributed by atoms with Crippen molar-refractivity contribution >= 4 is 0 Å². The molecular weight excluding hydrogens is 238 g/mol. The Morgan fingerprint density at radius 1 is 1.26 bits per heavy atom. The van der Waals surface area contributed by atoms with E-state index >= 15 is 0 Å². The largest absolute Gasteiger partial charge is 0.314 e. The van der Waals surface area contributed by atoms with Gasteiger partial charge in [0, 0.05) is 18.3 Å². The van der Waals surface area contributed by atoms with E-state index < -0.39 is 0 Å². The minimum Gasteiger partial charge on any atom is -0.314 e. The van der Waals surface area contributed by atoms with Gasteiger partial charge in [0.05, 0.1) is 5.69 Å². The minimum absolute atomic E-state index is 0.0200. The first kappa shape index (κ1) is 13.5. The number of hydrogen-bond donors (Lipinski definition) is 1. The Morgan fingerprint density at radius 3 is 2.68 bits per heavy atom. The monoisotopic (exact) mass is 257 g/mol. The van der Waals surface area contributed by atoms with E-state index in [-0.39, 0.29) is 5.43 Å². The van der Waals surface area contributed by atoms with E-state index in [2.05, 4.69) is 30.3 Å². The molecule has 0 amide bonds. The Hall–Kier alpha value is -1.94. The number of aromatic nitrogens is 2. The molecule has 1 N–H and O–H groups in total. The van der Waals surface area contributed by atoms with Crippen LogP contribution in [-0.2, 0) is 6.54 Å². The highest BCUT2D eigenvalue weighted by molar-refractivity contribution is 5.44. The third kappa shape index (κ3) is 2.58. The van der Waals surface area contributed by atoms with Gasteiger partial charge in [-0.2, -0.15) is 5.10 Å². The molecule has 0 aliphatic heterocycles. The third-order valence-electron chi connectivity index (χ3n) is 3.33. The van der Waals surface area contributed by atoms with E-state index in [9.17, 15) is 4.79 Å². The van der Waals surface area contributed by atoms with Crippen LogP contribution in [0.5, 0.6) is 0 Å². The zero-order valence-electron chi connectivity index (χ0n) is 11.8. The lowest BCUT2D eigenvalue weighted by atomic mass is 10.1. The van der Waals surface area contributed by atoms with Crippen LogP contribution < -0.4 is 10.7 Å². The number of rotatable bonds is 3. The second kappa shape index (κ2) is 5.36. The molecule has 4 nitrogen and oxygen atoms in total. The van der Waals surface area contributed by atoms with Gasteiger partial charge < -0.3 is 5.32 Å². The second-order valence-electron chi connectivity index (χ2n) is 4.76. The quantitative estimate of drug-likeness (QED) is 0.913. The summed E-state index contributed by atoms with van der Waals surface area (Å²) in [6.07, 6.45) is 0. The van der Waals surface area contributed by atoms with E-state index in [1.54, 1.807) is 6.07 Å². The standard InChI is InChI=1S/C15H19N3O/c1-10-6-5-7-14(12(10)3)18-11(2)8-15(19)13(17-18)9-16-4/h5-8,16H,9H2,1-4H3. The highest BCUT2D eigenvalue weighted by atomic mass is 16.1. The fourth-order valence-corrected chi connectivity index (χ4v) is 2.08. The van der Waals surface area contributed by atoms with Crippen LogP contribution in [0.2, 0.25) is 0 Å². The van der Waals surface area contributed by atoms with E-state index in [1.807, 2.05) is 30.8 Å². The van der Waals surface area contributed by atoms with Gasteiger partial charge in [-0.15, -0.1) is 0 Å². The molecule has 0 atom stereocenters. The van der Waals surface area contributed by atoms with Crippen LogP contribution in [0.15, 0.2) is 29.1 Å². The first-order valence-electron chi connectivity index (χ1n) is 6.35. The number of nitrogens with zero attached hydrogens (tertiary/aromatic N) is 2. The molecule has 2 aromatic rings. The van der Waals surface area contributed by atoms with E-state index in [0.717, 1.165) is 11.4 Å². The van der Waals surface area contributed by atoms with Crippen molar-refractivity contribution in [2.24, 2.45) is 0 Å².